The lowest BCUT2D eigenvalue weighted by Gasteiger charge is -2.02. The number of nitrogens with zero attached hydrogens (tertiary/aromatic N) is 4. The molecule has 0 radical (unpaired) electrons. The van der Waals surface area contributed by atoms with Crippen LogP contribution in [0.2, 0.25) is 0 Å². The van der Waals surface area contributed by atoms with Crippen molar-refractivity contribution >= 4 is 19.0 Å². The molecule has 2 aromatic rings. The van der Waals surface area contributed by atoms with Crippen LogP contribution < -0.4 is 5.56 Å². The fourth-order valence-electron chi connectivity index (χ4n) is 1.12. The van der Waals surface area contributed by atoms with E-state index in [2.05, 4.69) is 15.2 Å². The summed E-state index contributed by atoms with van der Waals surface area (Å²) < 4.78 is 1.46. The van der Waals surface area contributed by atoms with Gasteiger partial charge in [0.2, 0.25) is 7.98 Å². The molecule has 0 atom stereocenters. The zero-order valence-corrected chi connectivity index (χ0v) is 7.35. The van der Waals surface area contributed by atoms with Gasteiger partial charge in [-0.25, -0.2) is 4.98 Å². The van der Waals surface area contributed by atoms with Crippen LogP contribution in [0.15, 0.2) is 17.1 Å². The number of aromatic nitrogens is 4. The van der Waals surface area contributed by atoms with Crippen molar-refractivity contribution < 1.29 is 0 Å². The molecule has 0 saturated carbocycles. The highest BCUT2D eigenvalue weighted by Crippen LogP contribution is 2.00. The van der Waals surface area contributed by atoms with Crippen molar-refractivity contribution in [2.75, 3.05) is 0 Å². The van der Waals surface area contributed by atoms with Crippen LogP contribution in [0.4, 0.5) is 0 Å². The summed E-state index contributed by atoms with van der Waals surface area (Å²) in [4.78, 5) is 15.8. The largest absolute Gasteiger partial charge is 0.348 e. The first-order chi connectivity index (χ1) is 6.20. The van der Waals surface area contributed by atoms with Crippen LogP contribution in [0.3, 0.4) is 0 Å². The molecule has 0 aliphatic heterocycles. The smallest absolute Gasteiger partial charge is 0.269 e. The Hall–Kier alpha value is -1.72. The minimum atomic E-state index is -0.157. The Kier molecular flexibility index (Phi) is 1.61. The molecule has 0 fully saturated rings. The highest BCUT2D eigenvalue weighted by Gasteiger charge is 2.04. The molecule has 64 valence electrons. The summed E-state index contributed by atoms with van der Waals surface area (Å²) in [5.74, 6) is 0.672. The lowest BCUT2D eigenvalue weighted by molar-refractivity contribution is 0.956. The van der Waals surface area contributed by atoms with Gasteiger partial charge in [-0.05, 0) is 13.0 Å². The molecule has 5 nitrogen and oxygen atoms in total. The minimum Gasteiger partial charge on any atom is -0.348 e. The number of aryl methyl sites for hydroxylation is 1. The van der Waals surface area contributed by atoms with Gasteiger partial charge >= 0.3 is 0 Å². The maximum atomic E-state index is 11.6. The van der Waals surface area contributed by atoms with E-state index in [0.717, 1.165) is 0 Å². The number of fused-ring (bicyclic) bond motifs is 1. The van der Waals surface area contributed by atoms with E-state index in [1.54, 1.807) is 21.0 Å². The SMILES string of the molecule is Bn1c(C)nc2ccnnc2c1=O. The molecule has 2 rings (SSSR count). The maximum Gasteiger partial charge on any atom is 0.269 e. The highest BCUT2D eigenvalue weighted by molar-refractivity contribution is 6.07. The molecule has 0 unspecified atom stereocenters. The van der Waals surface area contributed by atoms with E-state index in [9.17, 15) is 4.79 Å². The van der Waals surface area contributed by atoms with Crippen molar-refractivity contribution in [2.24, 2.45) is 0 Å². The van der Waals surface area contributed by atoms with Gasteiger partial charge in [0.1, 0.15) is 0 Å². The lowest BCUT2D eigenvalue weighted by atomic mass is 10.3. The average molecular weight is 174 g/mol. The molecular weight excluding hydrogens is 167 g/mol. The van der Waals surface area contributed by atoms with Crippen LogP contribution in [0.1, 0.15) is 5.82 Å². The molecule has 0 aromatic carbocycles. The molecule has 0 aliphatic rings. The summed E-state index contributed by atoms with van der Waals surface area (Å²) in [5, 5.41) is 7.38. The van der Waals surface area contributed by atoms with Gasteiger partial charge in [-0.3, -0.25) is 4.79 Å². The minimum absolute atomic E-state index is 0.157. The van der Waals surface area contributed by atoms with E-state index in [-0.39, 0.29) is 5.56 Å². The van der Waals surface area contributed by atoms with Gasteiger partial charge < -0.3 is 4.48 Å². The third-order valence-corrected chi connectivity index (χ3v) is 1.97. The van der Waals surface area contributed by atoms with Gasteiger partial charge in [0.25, 0.3) is 5.56 Å². The Balaban J connectivity index is 3.03. The van der Waals surface area contributed by atoms with E-state index >= 15 is 0 Å². The molecular formula is C7H7BN4O. The Morgan fingerprint density at radius 2 is 2.31 bits per heavy atom. The number of hydrogen-bond donors (Lipinski definition) is 0. The fraction of sp³-hybridized carbons (Fsp3) is 0.143. The van der Waals surface area contributed by atoms with E-state index in [0.29, 0.717) is 16.9 Å². The van der Waals surface area contributed by atoms with Crippen molar-refractivity contribution in [3.05, 3.63) is 28.4 Å². The topological polar surface area (TPSA) is 60.7 Å². The first kappa shape index (κ1) is 7.91. The van der Waals surface area contributed by atoms with E-state index in [1.807, 2.05) is 0 Å². The second kappa shape index (κ2) is 2.65. The van der Waals surface area contributed by atoms with Crippen LogP contribution in [-0.4, -0.2) is 27.6 Å². The van der Waals surface area contributed by atoms with Crippen LogP contribution in [-0.2, 0) is 0 Å². The van der Waals surface area contributed by atoms with Crippen molar-refractivity contribution in [3.8, 4) is 0 Å². The van der Waals surface area contributed by atoms with Gasteiger partial charge in [-0.2, -0.15) is 5.10 Å². The third-order valence-electron chi connectivity index (χ3n) is 1.97. The molecule has 6 heteroatoms. The zero-order chi connectivity index (χ0) is 9.42. The third kappa shape index (κ3) is 1.10. The molecule has 0 spiro atoms. The van der Waals surface area contributed by atoms with Crippen LogP contribution >= 0.6 is 0 Å². The maximum absolute atomic E-state index is 11.6. The van der Waals surface area contributed by atoms with E-state index < -0.39 is 0 Å². The predicted molar refractivity (Wildman–Crippen MR) is 50.3 cm³/mol. The summed E-state index contributed by atoms with van der Waals surface area (Å²) in [6.07, 6.45) is 1.52. The summed E-state index contributed by atoms with van der Waals surface area (Å²) >= 11 is 0. The monoisotopic (exact) mass is 174 g/mol. The summed E-state index contributed by atoms with van der Waals surface area (Å²) in [5.41, 5.74) is 0.752. The second-order valence-corrected chi connectivity index (χ2v) is 2.79. The van der Waals surface area contributed by atoms with Crippen LogP contribution in [0.25, 0.3) is 11.0 Å². The Morgan fingerprint density at radius 1 is 1.54 bits per heavy atom. The van der Waals surface area contributed by atoms with Crippen LogP contribution in [0.5, 0.6) is 0 Å². The molecule has 2 aromatic heterocycles. The predicted octanol–water partition coefficient (Wildman–Crippen LogP) is -1.11. The van der Waals surface area contributed by atoms with Gasteiger partial charge in [0, 0.05) is 0 Å². The first-order valence-electron chi connectivity index (χ1n) is 3.85. The van der Waals surface area contributed by atoms with Gasteiger partial charge in [-0.1, -0.05) is 0 Å². The Bertz CT molecular complexity index is 521. The normalized spacial score (nSPS) is 10.5. The van der Waals surface area contributed by atoms with Crippen molar-refractivity contribution in [2.45, 2.75) is 6.92 Å². The van der Waals surface area contributed by atoms with Gasteiger partial charge in [0.05, 0.1) is 17.5 Å². The number of hydrogen-bond acceptors (Lipinski definition) is 4. The number of rotatable bonds is 0. The fourth-order valence-corrected chi connectivity index (χ4v) is 1.12. The van der Waals surface area contributed by atoms with E-state index in [4.69, 9.17) is 0 Å². The van der Waals surface area contributed by atoms with E-state index in [1.165, 1.54) is 10.7 Å². The molecule has 2 heterocycles. The Morgan fingerprint density at radius 3 is 3.08 bits per heavy atom. The van der Waals surface area contributed by atoms with Gasteiger partial charge in [0.15, 0.2) is 5.52 Å². The zero-order valence-electron chi connectivity index (χ0n) is 7.35. The van der Waals surface area contributed by atoms with Crippen molar-refractivity contribution in [1.82, 2.24) is 19.7 Å². The lowest BCUT2D eigenvalue weighted by Crippen LogP contribution is -2.23. The molecule has 0 N–H and O–H groups in total. The first-order valence-corrected chi connectivity index (χ1v) is 3.85. The molecule has 0 aliphatic carbocycles. The Labute approximate surface area is 74.9 Å². The quantitative estimate of drug-likeness (QED) is 0.475. The van der Waals surface area contributed by atoms with Crippen LogP contribution in [0, 0.1) is 6.92 Å². The summed E-state index contributed by atoms with van der Waals surface area (Å²) in [6, 6.07) is 1.68. The summed E-state index contributed by atoms with van der Waals surface area (Å²) in [6.45, 7) is 1.78. The standard InChI is InChI=1S/C7H7BN4O/c1-4-10-5-2-3-9-11-6(5)7(13)12(4)8/h2-3H,8H2,1H3. The molecule has 13 heavy (non-hydrogen) atoms. The summed E-state index contributed by atoms with van der Waals surface area (Å²) in [7, 11) is 1.67. The molecule has 0 saturated heterocycles. The average Bonchev–Trinajstić information content (AvgIpc) is 2.15. The van der Waals surface area contributed by atoms with Gasteiger partial charge in [-0.15, -0.1) is 5.10 Å². The highest BCUT2D eigenvalue weighted by atomic mass is 16.1. The van der Waals surface area contributed by atoms with Crippen molar-refractivity contribution in [1.29, 1.82) is 0 Å². The second-order valence-electron chi connectivity index (χ2n) is 2.79. The van der Waals surface area contributed by atoms with Crippen molar-refractivity contribution in [3.63, 3.8) is 0 Å². The molecule has 0 amide bonds. The molecule has 0 bridgehead atoms.